The van der Waals surface area contributed by atoms with Gasteiger partial charge in [0.25, 0.3) is 0 Å². The van der Waals surface area contributed by atoms with E-state index in [0.29, 0.717) is 11.6 Å². The molecule has 1 heterocycles. The molecule has 3 heteroatoms. The van der Waals surface area contributed by atoms with E-state index in [0.717, 1.165) is 23.6 Å². The SMILES string of the molecule is C/C1=N\N/C(C#N)=C(\C)C[C@H]2C[C@@H]12.CCCCC. The molecular weight excluding hydrogens is 222 g/mol. The Labute approximate surface area is 111 Å². The Kier molecular flexibility index (Phi) is 5.91. The summed E-state index contributed by atoms with van der Waals surface area (Å²) in [7, 11) is 0. The Bertz CT molecular complexity index is 372. The highest BCUT2D eigenvalue weighted by atomic mass is 15.3. The van der Waals surface area contributed by atoms with Crippen molar-refractivity contribution in [3.8, 4) is 6.07 Å². The zero-order valence-corrected chi connectivity index (χ0v) is 12.1. The van der Waals surface area contributed by atoms with Crippen molar-refractivity contribution in [2.45, 2.75) is 59.8 Å². The van der Waals surface area contributed by atoms with E-state index in [9.17, 15) is 0 Å². The molecule has 0 radical (unpaired) electrons. The minimum atomic E-state index is 0.629. The number of nitrogens with zero attached hydrogens (tertiary/aromatic N) is 2. The Morgan fingerprint density at radius 1 is 1.33 bits per heavy atom. The van der Waals surface area contributed by atoms with Gasteiger partial charge in [-0.25, -0.2) is 0 Å². The van der Waals surface area contributed by atoms with Gasteiger partial charge in [-0.05, 0) is 38.2 Å². The lowest BCUT2D eigenvalue weighted by Crippen LogP contribution is -2.13. The van der Waals surface area contributed by atoms with Crippen molar-refractivity contribution in [2.24, 2.45) is 16.9 Å². The largest absolute Gasteiger partial charge is 0.268 e. The highest BCUT2D eigenvalue weighted by molar-refractivity contribution is 5.87. The number of hydrazone groups is 1. The molecule has 18 heavy (non-hydrogen) atoms. The minimum absolute atomic E-state index is 0.629. The average molecular weight is 247 g/mol. The summed E-state index contributed by atoms with van der Waals surface area (Å²) in [6.45, 7) is 8.47. The van der Waals surface area contributed by atoms with Crippen molar-refractivity contribution in [3.05, 3.63) is 11.3 Å². The molecule has 1 fully saturated rings. The third-order valence-corrected chi connectivity index (χ3v) is 3.62. The van der Waals surface area contributed by atoms with Gasteiger partial charge in [-0.3, -0.25) is 5.43 Å². The molecule has 2 aliphatic rings. The zero-order chi connectivity index (χ0) is 13.5. The van der Waals surface area contributed by atoms with E-state index in [-0.39, 0.29) is 0 Å². The van der Waals surface area contributed by atoms with Crippen molar-refractivity contribution in [3.63, 3.8) is 0 Å². The first-order valence-electron chi connectivity index (χ1n) is 7.04. The molecule has 0 bridgehead atoms. The topological polar surface area (TPSA) is 48.2 Å². The maximum Gasteiger partial charge on any atom is 0.132 e. The van der Waals surface area contributed by atoms with Crippen LogP contribution in [0.1, 0.15) is 59.8 Å². The van der Waals surface area contributed by atoms with E-state index >= 15 is 0 Å². The third-order valence-electron chi connectivity index (χ3n) is 3.62. The summed E-state index contributed by atoms with van der Waals surface area (Å²) < 4.78 is 0. The first-order chi connectivity index (χ1) is 8.63. The first-order valence-corrected chi connectivity index (χ1v) is 7.04. The number of nitriles is 1. The molecule has 100 valence electrons. The Morgan fingerprint density at radius 3 is 2.50 bits per heavy atom. The van der Waals surface area contributed by atoms with Crippen LogP contribution in [0.3, 0.4) is 0 Å². The number of hydrogen-bond acceptors (Lipinski definition) is 3. The Hall–Kier alpha value is -1.30. The number of unbranched alkanes of at least 4 members (excludes halogenated alkanes) is 2. The average Bonchev–Trinajstić information content (AvgIpc) is 3.09. The molecule has 3 nitrogen and oxygen atoms in total. The van der Waals surface area contributed by atoms with E-state index in [4.69, 9.17) is 5.26 Å². The fraction of sp³-hybridized carbons (Fsp3) is 0.733. The second kappa shape index (κ2) is 7.20. The van der Waals surface area contributed by atoms with Crippen molar-refractivity contribution >= 4 is 5.71 Å². The molecule has 1 N–H and O–H groups in total. The molecule has 0 amide bonds. The smallest absolute Gasteiger partial charge is 0.132 e. The normalized spacial score (nSPS) is 32.3. The van der Waals surface area contributed by atoms with Gasteiger partial charge >= 0.3 is 0 Å². The molecule has 0 aromatic rings. The van der Waals surface area contributed by atoms with Crippen LogP contribution in [0, 0.1) is 23.2 Å². The van der Waals surface area contributed by atoms with E-state index in [1.807, 2.05) is 13.8 Å². The molecule has 2 atom stereocenters. The number of hydrogen-bond donors (Lipinski definition) is 1. The van der Waals surface area contributed by atoms with Crippen LogP contribution < -0.4 is 5.43 Å². The van der Waals surface area contributed by atoms with E-state index < -0.39 is 0 Å². The van der Waals surface area contributed by atoms with Crippen LogP contribution in [0.5, 0.6) is 0 Å². The summed E-state index contributed by atoms with van der Waals surface area (Å²) in [4.78, 5) is 0. The van der Waals surface area contributed by atoms with Gasteiger partial charge in [-0.2, -0.15) is 10.4 Å². The standard InChI is InChI=1S/C10H13N3.C5H12/c1-6-3-8-4-9(8)7(2)12-13-10(6)5-11;1-3-5-4-2/h8-9,13H,3-4H2,1-2H3;3-5H2,1-2H3/b10-6+,12-7+;/t8-,9-;/m0./s1. The predicted molar refractivity (Wildman–Crippen MR) is 76.0 cm³/mol. The summed E-state index contributed by atoms with van der Waals surface area (Å²) in [6, 6.07) is 2.14. The van der Waals surface area contributed by atoms with Crippen LogP contribution in [0.4, 0.5) is 0 Å². The van der Waals surface area contributed by atoms with Gasteiger partial charge in [-0.1, -0.05) is 33.1 Å². The molecule has 0 saturated heterocycles. The van der Waals surface area contributed by atoms with Crippen LogP contribution in [0.25, 0.3) is 0 Å². The summed E-state index contributed by atoms with van der Waals surface area (Å²) in [5.41, 5.74) is 5.75. The van der Waals surface area contributed by atoms with Gasteiger partial charge in [0, 0.05) is 11.6 Å². The van der Waals surface area contributed by atoms with Gasteiger partial charge in [0.15, 0.2) is 0 Å². The molecule has 0 unspecified atom stereocenters. The summed E-state index contributed by atoms with van der Waals surface area (Å²) >= 11 is 0. The lowest BCUT2D eigenvalue weighted by molar-refractivity contribution is 0.741. The lowest BCUT2D eigenvalue weighted by atomic mass is 10.1. The van der Waals surface area contributed by atoms with Gasteiger partial charge in [0.05, 0.1) is 0 Å². The minimum Gasteiger partial charge on any atom is -0.268 e. The molecule has 1 aliphatic heterocycles. The zero-order valence-electron chi connectivity index (χ0n) is 12.1. The van der Waals surface area contributed by atoms with Crippen LogP contribution in [-0.4, -0.2) is 5.71 Å². The monoisotopic (exact) mass is 247 g/mol. The van der Waals surface area contributed by atoms with Crippen molar-refractivity contribution in [1.82, 2.24) is 5.43 Å². The van der Waals surface area contributed by atoms with Crippen LogP contribution >= 0.6 is 0 Å². The number of fused-ring (bicyclic) bond motifs is 1. The molecule has 1 saturated carbocycles. The Balaban J connectivity index is 0.000000280. The highest BCUT2D eigenvalue weighted by Crippen LogP contribution is 2.44. The summed E-state index contributed by atoms with van der Waals surface area (Å²) in [6.07, 6.45) is 6.37. The van der Waals surface area contributed by atoms with Crippen molar-refractivity contribution in [1.29, 1.82) is 5.26 Å². The predicted octanol–water partition coefficient (Wildman–Crippen LogP) is 3.99. The number of rotatable bonds is 2. The van der Waals surface area contributed by atoms with Gasteiger partial charge in [0.1, 0.15) is 11.8 Å². The lowest BCUT2D eigenvalue weighted by Gasteiger charge is -2.09. The van der Waals surface area contributed by atoms with Gasteiger partial charge in [-0.15, -0.1) is 0 Å². The third kappa shape index (κ3) is 4.18. The number of nitrogens with one attached hydrogen (secondary N) is 1. The first kappa shape index (κ1) is 14.8. The quantitative estimate of drug-likeness (QED) is 0.802. The molecule has 1 aliphatic carbocycles. The van der Waals surface area contributed by atoms with E-state index in [1.165, 1.54) is 25.7 Å². The van der Waals surface area contributed by atoms with E-state index in [1.54, 1.807) is 0 Å². The van der Waals surface area contributed by atoms with Crippen molar-refractivity contribution < 1.29 is 0 Å². The number of allylic oxidation sites excluding steroid dienone is 2. The van der Waals surface area contributed by atoms with Crippen LogP contribution in [0.15, 0.2) is 16.4 Å². The maximum absolute atomic E-state index is 8.82. The highest BCUT2D eigenvalue weighted by Gasteiger charge is 2.40. The van der Waals surface area contributed by atoms with Gasteiger partial charge < -0.3 is 0 Å². The van der Waals surface area contributed by atoms with Gasteiger partial charge in [0.2, 0.25) is 0 Å². The van der Waals surface area contributed by atoms with E-state index in [2.05, 4.69) is 30.4 Å². The molecule has 0 aromatic heterocycles. The van der Waals surface area contributed by atoms with Crippen molar-refractivity contribution in [2.75, 3.05) is 0 Å². The van der Waals surface area contributed by atoms with Crippen LogP contribution in [0.2, 0.25) is 0 Å². The Morgan fingerprint density at radius 2 is 2.00 bits per heavy atom. The van der Waals surface area contributed by atoms with Crippen LogP contribution in [-0.2, 0) is 0 Å². The molecule has 0 aromatic carbocycles. The molecular formula is C15H25N3. The molecule has 0 spiro atoms. The maximum atomic E-state index is 8.82. The fourth-order valence-electron chi connectivity index (χ4n) is 2.28. The second-order valence-corrected chi connectivity index (χ2v) is 5.29. The fourth-order valence-corrected chi connectivity index (χ4v) is 2.28. The molecule has 2 rings (SSSR count). The summed E-state index contributed by atoms with van der Waals surface area (Å²) in [5, 5.41) is 13.0. The summed E-state index contributed by atoms with van der Waals surface area (Å²) in [5.74, 6) is 1.41. The second-order valence-electron chi connectivity index (χ2n) is 5.29.